The van der Waals surface area contributed by atoms with Crippen LogP contribution < -0.4 is 5.32 Å². The summed E-state index contributed by atoms with van der Waals surface area (Å²) in [5.74, 6) is 2.53. The second-order valence-electron chi connectivity index (χ2n) is 7.84. The van der Waals surface area contributed by atoms with Crippen molar-refractivity contribution in [3.8, 4) is 0 Å². The highest BCUT2D eigenvalue weighted by molar-refractivity contribution is 6.30. The minimum absolute atomic E-state index is 0.0688. The zero-order valence-electron chi connectivity index (χ0n) is 14.6. The van der Waals surface area contributed by atoms with Crippen molar-refractivity contribution in [1.82, 2.24) is 25.0 Å². The molecule has 1 saturated heterocycles. The number of aromatic nitrogens is 3. The maximum Gasteiger partial charge on any atom is 0.289 e. The van der Waals surface area contributed by atoms with Gasteiger partial charge in [0.05, 0.1) is 0 Å². The van der Waals surface area contributed by atoms with Crippen LogP contribution in [0.15, 0.2) is 24.3 Å². The topological polar surface area (TPSA) is 63.1 Å². The summed E-state index contributed by atoms with van der Waals surface area (Å²) < 4.78 is 2.05. The maximum atomic E-state index is 12.4. The van der Waals surface area contributed by atoms with E-state index in [0.717, 1.165) is 56.3 Å². The normalized spacial score (nSPS) is 25.0. The average Bonchev–Trinajstić information content (AvgIpc) is 3.20. The molecular weight excluding hydrogens is 350 g/mol. The summed E-state index contributed by atoms with van der Waals surface area (Å²) in [5.41, 5.74) is 1.29. The van der Waals surface area contributed by atoms with Crippen LogP contribution in [0.2, 0.25) is 5.02 Å². The van der Waals surface area contributed by atoms with E-state index in [9.17, 15) is 4.79 Å². The highest BCUT2D eigenvalue weighted by Gasteiger charge is 2.39. The van der Waals surface area contributed by atoms with Crippen molar-refractivity contribution in [2.75, 3.05) is 13.1 Å². The number of benzene rings is 1. The van der Waals surface area contributed by atoms with Gasteiger partial charge in [-0.25, -0.2) is 0 Å². The van der Waals surface area contributed by atoms with E-state index < -0.39 is 0 Å². The molecule has 0 bridgehead atoms. The average molecular weight is 372 g/mol. The van der Waals surface area contributed by atoms with Crippen LogP contribution in [0.5, 0.6) is 0 Å². The van der Waals surface area contributed by atoms with Crippen molar-refractivity contribution in [2.45, 2.75) is 38.4 Å². The number of likely N-dealkylation sites (tertiary alicyclic amines) is 1. The fourth-order valence-corrected chi connectivity index (χ4v) is 4.37. The Labute approximate surface area is 157 Å². The number of nitrogens with one attached hydrogen (secondary N) is 1. The first-order chi connectivity index (χ1) is 12.7. The molecule has 1 aromatic heterocycles. The molecule has 2 aliphatic heterocycles. The van der Waals surface area contributed by atoms with Gasteiger partial charge in [-0.1, -0.05) is 23.7 Å². The van der Waals surface area contributed by atoms with Crippen LogP contribution in [0, 0.1) is 11.8 Å². The number of fused-ring (bicyclic) bond motifs is 2. The molecule has 2 fully saturated rings. The van der Waals surface area contributed by atoms with Gasteiger partial charge in [-0.2, -0.15) is 0 Å². The van der Waals surface area contributed by atoms with Gasteiger partial charge in [-0.3, -0.25) is 9.69 Å². The highest BCUT2D eigenvalue weighted by Crippen LogP contribution is 2.33. The smallest absolute Gasteiger partial charge is 0.289 e. The summed E-state index contributed by atoms with van der Waals surface area (Å²) in [7, 11) is 0. The Morgan fingerprint density at radius 1 is 1.12 bits per heavy atom. The van der Waals surface area contributed by atoms with Crippen molar-refractivity contribution < 1.29 is 4.79 Å². The summed E-state index contributed by atoms with van der Waals surface area (Å²) in [6, 6.07) is 8.44. The minimum atomic E-state index is -0.0688. The minimum Gasteiger partial charge on any atom is -0.347 e. The Balaban J connectivity index is 1.27. The molecule has 2 atom stereocenters. The fourth-order valence-electron chi connectivity index (χ4n) is 4.24. The van der Waals surface area contributed by atoms with Crippen LogP contribution >= 0.6 is 11.6 Å². The van der Waals surface area contributed by atoms with Crippen molar-refractivity contribution in [3.63, 3.8) is 0 Å². The molecule has 3 aliphatic rings. The first kappa shape index (κ1) is 16.3. The van der Waals surface area contributed by atoms with E-state index in [2.05, 4.69) is 32.5 Å². The Morgan fingerprint density at radius 2 is 1.88 bits per heavy atom. The van der Waals surface area contributed by atoms with Crippen LogP contribution in [0.3, 0.4) is 0 Å². The third-order valence-electron chi connectivity index (χ3n) is 5.78. The predicted molar refractivity (Wildman–Crippen MR) is 97.9 cm³/mol. The fraction of sp³-hybridized carbons (Fsp3) is 0.526. The molecule has 2 aromatic rings. The summed E-state index contributed by atoms with van der Waals surface area (Å²) in [6.45, 7) is 3.91. The Bertz CT molecular complexity index is 829. The number of nitrogens with zero attached hydrogens (tertiary/aromatic N) is 4. The Morgan fingerprint density at radius 3 is 2.65 bits per heavy atom. The van der Waals surface area contributed by atoms with Gasteiger partial charge in [0, 0.05) is 43.7 Å². The number of hydrogen-bond donors (Lipinski definition) is 1. The lowest BCUT2D eigenvalue weighted by Crippen LogP contribution is -2.33. The van der Waals surface area contributed by atoms with Crippen molar-refractivity contribution in [3.05, 3.63) is 46.5 Å². The zero-order valence-corrected chi connectivity index (χ0v) is 15.3. The van der Waals surface area contributed by atoms with Crippen LogP contribution in [-0.4, -0.2) is 44.7 Å². The molecule has 5 rings (SSSR count). The number of carbonyl (C=O) groups excluding carboxylic acids is 1. The zero-order chi connectivity index (χ0) is 17.7. The maximum absolute atomic E-state index is 12.4. The molecule has 1 amide bonds. The third-order valence-corrected chi connectivity index (χ3v) is 6.03. The molecule has 3 heterocycles. The molecular formula is C19H22ClN5O. The van der Waals surface area contributed by atoms with E-state index in [0.29, 0.717) is 23.7 Å². The van der Waals surface area contributed by atoms with E-state index >= 15 is 0 Å². The van der Waals surface area contributed by atoms with Crippen molar-refractivity contribution >= 4 is 17.5 Å². The highest BCUT2D eigenvalue weighted by atomic mass is 35.5. The molecule has 26 heavy (non-hydrogen) atoms. The Hall–Kier alpha value is -1.92. The number of amides is 1. The van der Waals surface area contributed by atoms with Gasteiger partial charge in [-0.05, 0) is 42.4 Å². The third kappa shape index (κ3) is 3.12. The second-order valence-corrected chi connectivity index (χ2v) is 8.28. The number of carbonyl (C=O) groups is 1. The first-order valence-electron chi connectivity index (χ1n) is 9.35. The van der Waals surface area contributed by atoms with Gasteiger partial charge in [0.2, 0.25) is 5.82 Å². The predicted octanol–water partition coefficient (Wildman–Crippen LogP) is 2.13. The summed E-state index contributed by atoms with van der Waals surface area (Å²) in [5, 5.41) is 12.3. The molecule has 1 aromatic carbocycles. The van der Waals surface area contributed by atoms with Crippen LogP contribution in [0.1, 0.15) is 34.8 Å². The summed E-state index contributed by atoms with van der Waals surface area (Å²) >= 11 is 5.98. The molecule has 7 heteroatoms. The number of hydrogen-bond acceptors (Lipinski definition) is 4. The van der Waals surface area contributed by atoms with Crippen LogP contribution in [0.4, 0.5) is 0 Å². The first-order valence-corrected chi connectivity index (χ1v) is 9.73. The van der Waals surface area contributed by atoms with Gasteiger partial charge >= 0.3 is 0 Å². The van der Waals surface area contributed by atoms with Crippen molar-refractivity contribution in [1.29, 1.82) is 0 Å². The van der Waals surface area contributed by atoms with Crippen LogP contribution in [-0.2, 0) is 19.5 Å². The monoisotopic (exact) mass is 371 g/mol. The lowest BCUT2D eigenvalue weighted by atomic mass is 9.89. The molecule has 2 unspecified atom stereocenters. The van der Waals surface area contributed by atoms with Gasteiger partial charge in [0.15, 0.2) is 0 Å². The lowest BCUT2D eigenvalue weighted by molar-refractivity contribution is 0.0932. The number of halogens is 1. The van der Waals surface area contributed by atoms with Gasteiger partial charge in [0.25, 0.3) is 5.91 Å². The van der Waals surface area contributed by atoms with E-state index in [1.54, 1.807) is 0 Å². The largest absolute Gasteiger partial charge is 0.347 e. The summed E-state index contributed by atoms with van der Waals surface area (Å²) in [6.07, 6.45) is 3.07. The van der Waals surface area contributed by atoms with E-state index in [4.69, 9.17) is 11.6 Å². The van der Waals surface area contributed by atoms with Crippen LogP contribution in [0.25, 0.3) is 0 Å². The second kappa shape index (κ2) is 6.35. The quantitative estimate of drug-likeness (QED) is 0.894. The van der Waals surface area contributed by atoms with Gasteiger partial charge < -0.3 is 9.88 Å². The molecule has 0 spiro atoms. The van der Waals surface area contributed by atoms with Gasteiger partial charge in [0.1, 0.15) is 5.82 Å². The molecule has 0 radical (unpaired) electrons. The van der Waals surface area contributed by atoms with E-state index in [-0.39, 0.29) is 5.91 Å². The molecule has 6 nitrogen and oxygen atoms in total. The SMILES string of the molecule is O=C(NC1CC1)c1nnc2n1CC1CN(Cc3ccc(Cl)cc3)CC1C2. The van der Waals surface area contributed by atoms with Crippen molar-refractivity contribution in [2.24, 2.45) is 11.8 Å². The van der Waals surface area contributed by atoms with Gasteiger partial charge in [-0.15, -0.1) is 10.2 Å². The lowest BCUT2D eigenvalue weighted by Gasteiger charge is -2.25. The molecule has 1 N–H and O–H groups in total. The standard InChI is InChI=1S/C19H22ClN5O/c20-15-3-1-12(2-4-15)8-24-9-13-7-17-22-23-18(19(26)21-16-5-6-16)25(17)11-14(13)10-24/h1-4,13-14,16H,5-11H2,(H,21,26). The van der Waals surface area contributed by atoms with E-state index in [1.807, 2.05) is 16.7 Å². The Kier molecular flexibility index (Phi) is 3.98. The molecule has 136 valence electrons. The molecule has 1 aliphatic carbocycles. The molecule has 1 saturated carbocycles. The number of rotatable bonds is 4. The van der Waals surface area contributed by atoms with E-state index in [1.165, 1.54) is 5.56 Å². The summed E-state index contributed by atoms with van der Waals surface area (Å²) in [4.78, 5) is 14.9.